The van der Waals surface area contributed by atoms with E-state index in [1.807, 2.05) is 45.0 Å². The van der Waals surface area contributed by atoms with Gasteiger partial charge in [0.1, 0.15) is 5.58 Å². The Bertz CT molecular complexity index is 507. The summed E-state index contributed by atoms with van der Waals surface area (Å²) in [5, 5.41) is 3.90. The summed E-state index contributed by atoms with van der Waals surface area (Å²) in [5.74, 6) is 0.209. The highest BCUT2D eigenvalue weighted by molar-refractivity contribution is 5.96. The molecule has 0 spiro atoms. The summed E-state index contributed by atoms with van der Waals surface area (Å²) < 4.78 is 5.51. The predicted molar refractivity (Wildman–Crippen MR) is 68.1 cm³/mol. The van der Waals surface area contributed by atoms with Crippen molar-refractivity contribution >= 4 is 16.9 Å². The van der Waals surface area contributed by atoms with Crippen LogP contribution in [0.2, 0.25) is 0 Å². The zero-order valence-corrected chi connectivity index (χ0v) is 10.4. The van der Waals surface area contributed by atoms with E-state index in [9.17, 15) is 4.79 Å². The van der Waals surface area contributed by atoms with Crippen molar-refractivity contribution in [2.75, 3.05) is 0 Å². The summed E-state index contributed by atoms with van der Waals surface area (Å²) in [6.45, 7) is 6.03. The fourth-order valence-corrected chi connectivity index (χ4v) is 1.55. The zero-order chi connectivity index (χ0) is 12.5. The number of nitrogens with one attached hydrogen (secondary N) is 1. The van der Waals surface area contributed by atoms with E-state index in [0.717, 1.165) is 17.4 Å². The van der Waals surface area contributed by atoms with Gasteiger partial charge in [-0.2, -0.15) is 0 Å². The fraction of sp³-hybridized carbons (Fsp3) is 0.357. The third kappa shape index (κ3) is 2.49. The Morgan fingerprint density at radius 3 is 2.71 bits per heavy atom. The Hall–Kier alpha value is -1.77. The lowest BCUT2D eigenvalue weighted by atomic mass is 10.0. The van der Waals surface area contributed by atoms with Crippen LogP contribution < -0.4 is 5.32 Å². The van der Waals surface area contributed by atoms with E-state index in [4.69, 9.17) is 4.42 Å². The standard InChI is InChI=1S/C14H17NO2/c1-4-14(2,3)15-13(16)12-9-10-7-5-6-8-11(10)17-12/h5-9H,4H2,1-3H3,(H,15,16). The highest BCUT2D eigenvalue weighted by Crippen LogP contribution is 2.19. The first-order valence-corrected chi connectivity index (χ1v) is 5.83. The minimum absolute atomic E-state index is 0.159. The van der Waals surface area contributed by atoms with Crippen molar-refractivity contribution in [2.45, 2.75) is 32.7 Å². The van der Waals surface area contributed by atoms with E-state index in [2.05, 4.69) is 5.32 Å². The Balaban J connectivity index is 2.25. The molecular weight excluding hydrogens is 214 g/mol. The minimum Gasteiger partial charge on any atom is -0.451 e. The first-order valence-electron chi connectivity index (χ1n) is 5.83. The number of para-hydroxylation sites is 1. The van der Waals surface area contributed by atoms with Gasteiger partial charge in [0, 0.05) is 10.9 Å². The molecule has 1 N–H and O–H groups in total. The molecule has 0 radical (unpaired) electrons. The third-order valence-corrected chi connectivity index (χ3v) is 2.99. The summed E-state index contributed by atoms with van der Waals surface area (Å²) in [6, 6.07) is 9.38. The van der Waals surface area contributed by atoms with Gasteiger partial charge in [-0.25, -0.2) is 0 Å². The number of benzene rings is 1. The smallest absolute Gasteiger partial charge is 0.287 e. The quantitative estimate of drug-likeness (QED) is 0.880. The number of fused-ring (bicyclic) bond motifs is 1. The van der Waals surface area contributed by atoms with Crippen LogP contribution in [0.15, 0.2) is 34.7 Å². The molecule has 17 heavy (non-hydrogen) atoms. The number of rotatable bonds is 3. The molecule has 2 aromatic rings. The average molecular weight is 231 g/mol. The van der Waals surface area contributed by atoms with Crippen LogP contribution in [0.1, 0.15) is 37.7 Å². The molecule has 90 valence electrons. The maximum atomic E-state index is 12.0. The molecule has 1 aromatic carbocycles. The van der Waals surface area contributed by atoms with E-state index in [1.54, 1.807) is 6.07 Å². The number of furan rings is 1. The summed E-state index contributed by atoms with van der Waals surface area (Å²) >= 11 is 0. The van der Waals surface area contributed by atoms with Crippen LogP contribution >= 0.6 is 0 Å². The van der Waals surface area contributed by atoms with Crippen molar-refractivity contribution in [2.24, 2.45) is 0 Å². The van der Waals surface area contributed by atoms with Crippen LogP contribution in [0.4, 0.5) is 0 Å². The van der Waals surface area contributed by atoms with Crippen molar-refractivity contribution in [1.29, 1.82) is 0 Å². The molecule has 1 heterocycles. The molecule has 0 fully saturated rings. The van der Waals surface area contributed by atoms with Crippen LogP contribution in [0.3, 0.4) is 0 Å². The number of carbonyl (C=O) groups excluding carboxylic acids is 1. The van der Waals surface area contributed by atoms with Gasteiger partial charge >= 0.3 is 0 Å². The Morgan fingerprint density at radius 2 is 2.06 bits per heavy atom. The number of carbonyl (C=O) groups is 1. The lowest BCUT2D eigenvalue weighted by Crippen LogP contribution is -2.42. The maximum Gasteiger partial charge on any atom is 0.287 e. The van der Waals surface area contributed by atoms with Crippen LogP contribution in [-0.2, 0) is 0 Å². The highest BCUT2D eigenvalue weighted by Gasteiger charge is 2.21. The average Bonchev–Trinajstić information content (AvgIpc) is 2.72. The number of amides is 1. The molecule has 0 saturated carbocycles. The zero-order valence-electron chi connectivity index (χ0n) is 10.4. The van der Waals surface area contributed by atoms with Gasteiger partial charge in [-0.15, -0.1) is 0 Å². The molecule has 2 rings (SSSR count). The fourth-order valence-electron chi connectivity index (χ4n) is 1.55. The molecule has 3 heteroatoms. The second kappa shape index (κ2) is 4.24. The lowest BCUT2D eigenvalue weighted by molar-refractivity contribution is 0.0885. The van der Waals surface area contributed by atoms with Gasteiger partial charge in [-0.05, 0) is 32.4 Å². The SMILES string of the molecule is CCC(C)(C)NC(=O)c1cc2ccccc2o1. The Labute approximate surface area is 101 Å². The molecule has 0 saturated heterocycles. The van der Waals surface area contributed by atoms with Crippen molar-refractivity contribution in [1.82, 2.24) is 5.32 Å². The van der Waals surface area contributed by atoms with Crippen molar-refractivity contribution < 1.29 is 9.21 Å². The van der Waals surface area contributed by atoms with Crippen LogP contribution in [0.25, 0.3) is 11.0 Å². The summed E-state index contributed by atoms with van der Waals surface area (Å²) in [6.07, 6.45) is 0.874. The topological polar surface area (TPSA) is 42.2 Å². The minimum atomic E-state index is -0.212. The third-order valence-electron chi connectivity index (χ3n) is 2.99. The first kappa shape index (κ1) is 11.7. The van der Waals surface area contributed by atoms with Crippen molar-refractivity contribution in [3.63, 3.8) is 0 Å². The lowest BCUT2D eigenvalue weighted by Gasteiger charge is -2.23. The number of hydrogen-bond acceptors (Lipinski definition) is 2. The molecule has 0 bridgehead atoms. The molecular formula is C14H17NO2. The molecule has 0 aliphatic heterocycles. The molecule has 3 nitrogen and oxygen atoms in total. The van der Waals surface area contributed by atoms with E-state index in [1.165, 1.54) is 0 Å². The van der Waals surface area contributed by atoms with Gasteiger partial charge in [0.2, 0.25) is 0 Å². The molecule has 1 amide bonds. The normalized spacial score (nSPS) is 11.7. The van der Waals surface area contributed by atoms with E-state index in [0.29, 0.717) is 5.76 Å². The summed E-state index contributed by atoms with van der Waals surface area (Å²) in [5.41, 5.74) is 0.530. The van der Waals surface area contributed by atoms with Gasteiger partial charge in [-0.1, -0.05) is 25.1 Å². The molecule has 0 aliphatic carbocycles. The highest BCUT2D eigenvalue weighted by atomic mass is 16.3. The van der Waals surface area contributed by atoms with E-state index in [-0.39, 0.29) is 11.4 Å². The van der Waals surface area contributed by atoms with Gasteiger partial charge in [0.05, 0.1) is 0 Å². The van der Waals surface area contributed by atoms with Gasteiger partial charge in [-0.3, -0.25) is 4.79 Å². The Morgan fingerprint density at radius 1 is 1.35 bits per heavy atom. The molecule has 0 atom stereocenters. The first-order chi connectivity index (χ1) is 8.02. The molecule has 0 aliphatic rings. The van der Waals surface area contributed by atoms with Crippen LogP contribution in [-0.4, -0.2) is 11.4 Å². The van der Waals surface area contributed by atoms with Crippen molar-refractivity contribution in [3.8, 4) is 0 Å². The summed E-state index contributed by atoms with van der Waals surface area (Å²) in [4.78, 5) is 12.0. The largest absolute Gasteiger partial charge is 0.451 e. The second-order valence-corrected chi connectivity index (χ2v) is 4.84. The number of hydrogen-bond donors (Lipinski definition) is 1. The van der Waals surface area contributed by atoms with Crippen LogP contribution in [0.5, 0.6) is 0 Å². The molecule has 1 aromatic heterocycles. The van der Waals surface area contributed by atoms with Gasteiger partial charge in [0.15, 0.2) is 5.76 Å². The maximum absolute atomic E-state index is 12.0. The van der Waals surface area contributed by atoms with Gasteiger partial charge < -0.3 is 9.73 Å². The van der Waals surface area contributed by atoms with Crippen molar-refractivity contribution in [3.05, 3.63) is 36.1 Å². The van der Waals surface area contributed by atoms with Gasteiger partial charge in [0.25, 0.3) is 5.91 Å². The monoisotopic (exact) mass is 231 g/mol. The van der Waals surface area contributed by atoms with Crippen LogP contribution in [0, 0.1) is 0 Å². The Kier molecular flexibility index (Phi) is 2.92. The van der Waals surface area contributed by atoms with E-state index >= 15 is 0 Å². The predicted octanol–water partition coefficient (Wildman–Crippen LogP) is 3.35. The van der Waals surface area contributed by atoms with E-state index < -0.39 is 0 Å². The molecule has 0 unspecified atom stereocenters. The summed E-state index contributed by atoms with van der Waals surface area (Å²) in [7, 11) is 0. The second-order valence-electron chi connectivity index (χ2n) is 4.84.